The molecule has 2 aliphatic rings. The Balaban J connectivity index is 1.65. The molecule has 0 saturated carbocycles. The molecule has 0 bridgehead atoms. The Kier molecular flexibility index (Phi) is 4.04. The Morgan fingerprint density at radius 3 is 2.65 bits per heavy atom. The lowest BCUT2D eigenvalue weighted by atomic mass is 9.94. The number of nitrogens with zero attached hydrogens (tertiary/aromatic N) is 1. The number of hydrogen-bond donors (Lipinski definition) is 1. The monoisotopic (exact) mass is 308 g/mol. The Bertz CT molecular complexity index is 700. The molecule has 0 radical (unpaired) electrons. The van der Waals surface area contributed by atoms with E-state index in [1.54, 1.807) is 0 Å². The van der Waals surface area contributed by atoms with E-state index in [-0.39, 0.29) is 12.0 Å². The first-order valence-corrected chi connectivity index (χ1v) is 8.83. The SMILES string of the molecule is O=C(C1CCNCC1)N1CCCC1c1cccc2ccccc12. The molecule has 3 heteroatoms. The van der Waals surface area contributed by atoms with Crippen molar-refractivity contribution in [2.45, 2.75) is 31.7 Å². The molecule has 3 nitrogen and oxygen atoms in total. The van der Waals surface area contributed by atoms with Crippen molar-refractivity contribution in [3.63, 3.8) is 0 Å². The number of rotatable bonds is 2. The third-order valence-electron chi connectivity index (χ3n) is 5.41. The molecule has 0 spiro atoms. The van der Waals surface area contributed by atoms with Gasteiger partial charge in [-0.05, 0) is 55.1 Å². The second-order valence-electron chi connectivity index (χ2n) is 6.78. The van der Waals surface area contributed by atoms with E-state index in [1.165, 1.54) is 16.3 Å². The second-order valence-corrected chi connectivity index (χ2v) is 6.78. The molecule has 1 amide bonds. The van der Waals surface area contributed by atoms with Gasteiger partial charge in [-0.3, -0.25) is 4.79 Å². The summed E-state index contributed by atoms with van der Waals surface area (Å²) in [5.41, 5.74) is 1.32. The van der Waals surface area contributed by atoms with E-state index >= 15 is 0 Å². The lowest BCUT2D eigenvalue weighted by molar-refractivity contribution is -0.137. The van der Waals surface area contributed by atoms with Gasteiger partial charge >= 0.3 is 0 Å². The molecule has 2 aromatic rings. The van der Waals surface area contributed by atoms with Crippen LogP contribution in [0.2, 0.25) is 0 Å². The fourth-order valence-electron chi connectivity index (χ4n) is 4.20. The summed E-state index contributed by atoms with van der Waals surface area (Å²) in [7, 11) is 0. The van der Waals surface area contributed by atoms with Gasteiger partial charge in [0.15, 0.2) is 0 Å². The maximum atomic E-state index is 13.0. The van der Waals surface area contributed by atoms with Crippen molar-refractivity contribution in [2.75, 3.05) is 19.6 Å². The van der Waals surface area contributed by atoms with Gasteiger partial charge in [0.05, 0.1) is 6.04 Å². The molecule has 1 atom stereocenters. The second kappa shape index (κ2) is 6.32. The molecule has 1 N–H and O–H groups in total. The van der Waals surface area contributed by atoms with Crippen LogP contribution >= 0.6 is 0 Å². The number of fused-ring (bicyclic) bond motifs is 1. The standard InChI is InChI=1S/C20H24N2O/c23-20(16-10-12-21-13-11-16)22-14-4-9-19(22)18-8-3-6-15-5-1-2-7-17(15)18/h1-3,5-8,16,19,21H,4,9-14H2. The zero-order valence-corrected chi connectivity index (χ0v) is 13.5. The van der Waals surface area contributed by atoms with Crippen molar-refractivity contribution >= 4 is 16.7 Å². The molecule has 2 aromatic carbocycles. The average Bonchev–Trinajstić information content (AvgIpc) is 3.11. The van der Waals surface area contributed by atoms with Crippen LogP contribution in [0.5, 0.6) is 0 Å². The smallest absolute Gasteiger partial charge is 0.226 e. The van der Waals surface area contributed by atoms with Gasteiger partial charge in [0.2, 0.25) is 5.91 Å². The largest absolute Gasteiger partial charge is 0.335 e. The summed E-state index contributed by atoms with van der Waals surface area (Å²) in [6, 6.07) is 15.3. The number of piperidine rings is 1. The number of likely N-dealkylation sites (tertiary alicyclic amines) is 1. The summed E-state index contributed by atoms with van der Waals surface area (Å²) in [5.74, 6) is 0.591. The van der Waals surface area contributed by atoms with Crippen molar-refractivity contribution in [2.24, 2.45) is 5.92 Å². The molecule has 23 heavy (non-hydrogen) atoms. The summed E-state index contributed by atoms with van der Waals surface area (Å²) >= 11 is 0. The third kappa shape index (κ3) is 2.74. The van der Waals surface area contributed by atoms with Crippen LogP contribution in [-0.4, -0.2) is 30.4 Å². The summed E-state index contributed by atoms with van der Waals surface area (Å²) in [6.07, 6.45) is 4.17. The highest BCUT2D eigenvalue weighted by Gasteiger charge is 2.34. The number of hydrogen-bond acceptors (Lipinski definition) is 2. The van der Waals surface area contributed by atoms with E-state index in [1.807, 2.05) is 0 Å². The van der Waals surface area contributed by atoms with Gasteiger partial charge in [-0.2, -0.15) is 0 Å². The zero-order valence-electron chi connectivity index (χ0n) is 13.5. The van der Waals surface area contributed by atoms with Crippen molar-refractivity contribution < 1.29 is 4.79 Å². The molecule has 2 aliphatic heterocycles. The molecule has 4 rings (SSSR count). The first-order valence-electron chi connectivity index (χ1n) is 8.83. The van der Waals surface area contributed by atoms with Crippen LogP contribution in [0, 0.1) is 5.92 Å². The Labute approximate surface area is 137 Å². The number of amides is 1. The Morgan fingerprint density at radius 1 is 1.00 bits per heavy atom. The molecular weight excluding hydrogens is 284 g/mol. The maximum absolute atomic E-state index is 13.0. The topological polar surface area (TPSA) is 32.3 Å². The van der Waals surface area contributed by atoms with E-state index in [0.717, 1.165) is 45.3 Å². The Morgan fingerprint density at radius 2 is 1.78 bits per heavy atom. The van der Waals surface area contributed by atoms with Crippen molar-refractivity contribution in [3.8, 4) is 0 Å². The third-order valence-corrected chi connectivity index (χ3v) is 5.41. The highest BCUT2D eigenvalue weighted by atomic mass is 16.2. The van der Waals surface area contributed by atoms with Crippen molar-refractivity contribution in [3.05, 3.63) is 48.0 Å². The normalized spacial score (nSPS) is 22.6. The average molecular weight is 308 g/mol. The summed E-state index contributed by atoms with van der Waals surface area (Å²) in [4.78, 5) is 15.2. The van der Waals surface area contributed by atoms with Gasteiger partial charge in [0, 0.05) is 12.5 Å². The minimum atomic E-state index is 0.215. The highest BCUT2D eigenvalue weighted by Crippen LogP contribution is 2.37. The maximum Gasteiger partial charge on any atom is 0.226 e. The van der Waals surface area contributed by atoms with E-state index in [0.29, 0.717) is 5.91 Å². The van der Waals surface area contributed by atoms with Gasteiger partial charge < -0.3 is 10.2 Å². The molecule has 2 saturated heterocycles. The minimum Gasteiger partial charge on any atom is -0.335 e. The van der Waals surface area contributed by atoms with Crippen LogP contribution in [-0.2, 0) is 4.79 Å². The number of nitrogens with one attached hydrogen (secondary N) is 1. The Hall–Kier alpha value is -1.87. The fourth-order valence-corrected chi connectivity index (χ4v) is 4.20. The summed E-state index contributed by atoms with van der Waals surface area (Å²) in [6.45, 7) is 2.86. The molecule has 120 valence electrons. The molecule has 2 fully saturated rings. The van der Waals surface area contributed by atoms with Crippen LogP contribution in [0.15, 0.2) is 42.5 Å². The summed E-state index contributed by atoms with van der Waals surface area (Å²) in [5, 5.41) is 5.92. The fraction of sp³-hybridized carbons (Fsp3) is 0.450. The molecule has 0 aromatic heterocycles. The van der Waals surface area contributed by atoms with Gasteiger partial charge in [0.1, 0.15) is 0 Å². The number of benzene rings is 2. The van der Waals surface area contributed by atoms with Gasteiger partial charge in [0.25, 0.3) is 0 Å². The summed E-state index contributed by atoms with van der Waals surface area (Å²) < 4.78 is 0. The first kappa shape index (κ1) is 14.7. The highest BCUT2D eigenvalue weighted by molar-refractivity contribution is 5.87. The molecule has 2 heterocycles. The van der Waals surface area contributed by atoms with Crippen molar-refractivity contribution in [1.29, 1.82) is 0 Å². The predicted molar refractivity (Wildman–Crippen MR) is 93.2 cm³/mol. The molecular formula is C20H24N2O. The van der Waals surface area contributed by atoms with Crippen LogP contribution < -0.4 is 5.32 Å². The van der Waals surface area contributed by atoms with Gasteiger partial charge in [-0.25, -0.2) is 0 Å². The van der Waals surface area contributed by atoms with Crippen LogP contribution in [0.4, 0.5) is 0 Å². The lowest BCUT2D eigenvalue weighted by Crippen LogP contribution is -2.40. The van der Waals surface area contributed by atoms with Crippen LogP contribution in [0.1, 0.15) is 37.3 Å². The van der Waals surface area contributed by atoms with Crippen LogP contribution in [0.25, 0.3) is 10.8 Å². The number of carbonyl (C=O) groups excluding carboxylic acids is 1. The predicted octanol–water partition coefficient (Wildman–Crippen LogP) is 3.50. The first-order chi connectivity index (χ1) is 11.3. The van der Waals surface area contributed by atoms with Gasteiger partial charge in [-0.1, -0.05) is 42.5 Å². The van der Waals surface area contributed by atoms with Crippen molar-refractivity contribution in [1.82, 2.24) is 10.2 Å². The molecule has 1 unspecified atom stereocenters. The zero-order chi connectivity index (χ0) is 15.6. The minimum absolute atomic E-state index is 0.215. The van der Waals surface area contributed by atoms with Crippen LogP contribution in [0.3, 0.4) is 0 Å². The number of carbonyl (C=O) groups is 1. The quantitative estimate of drug-likeness (QED) is 0.921. The molecule has 0 aliphatic carbocycles. The van der Waals surface area contributed by atoms with Gasteiger partial charge in [-0.15, -0.1) is 0 Å². The van der Waals surface area contributed by atoms with E-state index in [4.69, 9.17) is 0 Å². The lowest BCUT2D eigenvalue weighted by Gasteiger charge is -2.31. The van der Waals surface area contributed by atoms with E-state index in [9.17, 15) is 4.79 Å². The van der Waals surface area contributed by atoms with E-state index in [2.05, 4.69) is 52.7 Å². The van der Waals surface area contributed by atoms with E-state index < -0.39 is 0 Å².